The second kappa shape index (κ2) is 2.64. The summed E-state index contributed by atoms with van der Waals surface area (Å²) in [6, 6.07) is 8.94. The minimum absolute atomic E-state index is 0.236. The van der Waals surface area contributed by atoms with E-state index in [1.807, 2.05) is 0 Å². The summed E-state index contributed by atoms with van der Waals surface area (Å²) >= 11 is 0. The van der Waals surface area contributed by atoms with Gasteiger partial charge in [0.15, 0.2) is 0 Å². The second-order valence-electron chi connectivity index (χ2n) is 5.84. The van der Waals surface area contributed by atoms with Gasteiger partial charge in [0.1, 0.15) is 0 Å². The number of rotatable bonds is 0. The maximum atomic E-state index is 2.43. The number of hydrogen-bond donors (Lipinski definition) is 0. The summed E-state index contributed by atoms with van der Waals surface area (Å²) in [5.74, 6) is 0. The first-order chi connectivity index (χ1) is 8.18. The van der Waals surface area contributed by atoms with Crippen molar-refractivity contribution >= 4 is 5.57 Å². The Morgan fingerprint density at radius 3 is 2.65 bits per heavy atom. The average Bonchev–Trinajstić information content (AvgIpc) is 2.45. The molecule has 1 fully saturated rings. The summed E-state index contributed by atoms with van der Waals surface area (Å²) in [5.41, 5.74) is 6.67. The lowest BCUT2D eigenvalue weighted by Gasteiger charge is -2.55. The van der Waals surface area contributed by atoms with E-state index in [0.29, 0.717) is 5.41 Å². The predicted molar refractivity (Wildman–Crippen MR) is 71.7 cm³/mol. The first-order valence-corrected chi connectivity index (χ1v) is 6.36. The molecule has 0 saturated heterocycles. The average molecular weight is 220 g/mol. The van der Waals surface area contributed by atoms with Crippen molar-refractivity contribution in [3.63, 3.8) is 0 Å². The van der Waals surface area contributed by atoms with Crippen LogP contribution in [0.3, 0.4) is 0 Å². The second-order valence-corrected chi connectivity index (χ2v) is 5.84. The Morgan fingerprint density at radius 2 is 1.76 bits per heavy atom. The van der Waals surface area contributed by atoms with Crippen LogP contribution in [0.5, 0.6) is 0 Å². The normalized spacial score (nSPS) is 36.4. The van der Waals surface area contributed by atoms with Gasteiger partial charge in [0.2, 0.25) is 0 Å². The van der Waals surface area contributed by atoms with E-state index in [1.54, 1.807) is 11.1 Å². The number of benzene rings is 1. The molecule has 0 amide bonds. The van der Waals surface area contributed by atoms with Crippen LogP contribution in [-0.4, -0.2) is 0 Å². The van der Waals surface area contributed by atoms with Crippen molar-refractivity contribution in [2.75, 3.05) is 0 Å². The van der Waals surface area contributed by atoms with Gasteiger partial charge in [0, 0.05) is 10.8 Å². The molecule has 0 spiro atoms. The lowest BCUT2D eigenvalue weighted by atomic mass is 9.47. The molecule has 0 N–H and O–H groups in total. The van der Waals surface area contributed by atoms with Gasteiger partial charge in [-0.2, -0.15) is 0 Å². The van der Waals surface area contributed by atoms with Gasteiger partial charge in [-0.1, -0.05) is 68.0 Å². The van der Waals surface area contributed by atoms with Gasteiger partial charge in [-0.05, 0) is 23.1 Å². The maximum Gasteiger partial charge on any atom is 0.0240 e. The van der Waals surface area contributed by atoms with Crippen LogP contribution in [0.1, 0.15) is 31.4 Å². The Morgan fingerprint density at radius 1 is 1.00 bits per heavy atom. The molecule has 1 saturated carbocycles. The standard InChI is InChI=1S/C17H16/c1-16-11-12-7-3-5-10-15(17(12,16)2)13-8-4-6-9-14(13)16/h3-10H,11H2,1-2H3. The highest BCUT2D eigenvalue weighted by Gasteiger charge is 2.63. The van der Waals surface area contributed by atoms with Crippen LogP contribution in [0.25, 0.3) is 5.57 Å². The van der Waals surface area contributed by atoms with E-state index in [-0.39, 0.29) is 5.41 Å². The van der Waals surface area contributed by atoms with Gasteiger partial charge < -0.3 is 0 Å². The monoisotopic (exact) mass is 220 g/mol. The van der Waals surface area contributed by atoms with Crippen LogP contribution in [0.4, 0.5) is 0 Å². The molecule has 0 aliphatic heterocycles. The fourth-order valence-electron chi connectivity index (χ4n) is 4.09. The molecule has 0 radical (unpaired) electrons. The molecular formula is C17H16. The lowest BCUT2D eigenvalue weighted by Crippen LogP contribution is -2.49. The molecule has 0 heteroatoms. The van der Waals surface area contributed by atoms with Crippen molar-refractivity contribution in [1.29, 1.82) is 0 Å². The first-order valence-electron chi connectivity index (χ1n) is 6.36. The lowest BCUT2D eigenvalue weighted by molar-refractivity contribution is 0.192. The molecule has 3 aliphatic carbocycles. The van der Waals surface area contributed by atoms with Gasteiger partial charge in [0.05, 0.1) is 0 Å². The van der Waals surface area contributed by atoms with E-state index >= 15 is 0 Å². The third kappa shape index (κ3) is 0.813. The molecule has 17 heavy (non-hydrogen) atoms. The van der Waals surface area contributed by atoms with Crippen molar-refractivity contribution < 1.29 is 0 Å². The van der Waals surface area contributed by atoms with Crippen LogP contribution < -0.4 is 0 Å². The zero-order valence-electron chi connectivity index (χ0n) is 10.3. The highest BCUT2D eigenvalue weighted by Crippen LogP contribution is 2.72. The molecule has 0 nitrogen and oxygen atoms in total. The summed E-state index contributed by atoms with van der Waals surface area (Å²) in [5, 5.41) is 0. The zero-order chi connectivity index (χ0) is 11.7. The van der Waals surface area contributed by atoms with Crippen LogP contribution in [0.2, 0.25) is 0 Å². The topological polar surface area (TPSA) is 0 Å². The van der Waals surface area contributed by atoms with Crippen molar-refractivity contribution in [1.82, 2.24) is 0 Å². The Labute approximate surface area is 102 Å². The highest BCUT2D eigenvalue weighted by atomic mass is 14.7. The predicted octanol–water partition coefficient (Wildman–Crippen LogP) is 4.25. The molecule has 2 atom stereocenters. The Hall–Kier alpha value is -1.56. The molecule has 0 aromatic heterocycles. The minimum Gasteiger partial charge on any atom is -0.0623 e. The van der Waals surface area contributed by atoms with Crippen molar-refractivity contribution in [3.8, 4) is 0 Å². The summed E-state index contributed by atoms with van der Waals surface area (Å²) in [6.07, 6.45) is 10.2. The van der Waals surface area contributed by atoms with Crippen LogP contribution >= 0.6 is 0 Å². The van der Waals surface area contributed by atoms with Crippen molar-refractivity contribution in [3.05, 3.63) is 65.3 Å². The third-order valence-electron chi connectivity index (χ3n) is 5.31. The molecule has 84 valence electrons. The molecule has 0 heterocycles. The van der Waals surface area contributed by atoms with E-state index in [1.165, 1.54) is 17.6 Å². The molecule has 4 rings (SSSR count). The van der Waals surface area contributed by atoms with Gasteiger partial charge in [-0.15, -0.1) is 0 Å². The quantitative estimate of drug-likeness (QED) is 0.613. The molecule has 0 bridgehead atoms. The molecule has 3 aliphatic rings. The van der Waals surface area contributed by atoms with Crippen LogP contribution in [0.15, 0.2) is 54.1 Å². The molecule has 1 aromatic carbocycles. The van der Waals surface area contributed by atoms with Crippen LogP contribution in [-0.2, 0) is 5.41 Å². The largest absolute Gasteiger partial charge is 0.0623 e. The SMILES string of the molecule is CC12C3=CC=CC=C1c1ccccc1C2(C)C3. The number of allylic oxidation sites excluding steroid dienone is 6. The van der Waals surface area contributed by atoms with Crippen LogP contribution in [0, 0.1) is 5.41 Å². The van der Waals surface area contributed by atoms with Gasteiger partial charge in [0.25, 0.3) is 0 Å². The third-order valence-corrected chi connectivity index (χ3v) is 5.31. The van der Waals surface area contributed by atoms with Crippen molar-refractivity contribution in [2.45, 2.75) is 25.7 Å². The van der Waals surface area contributed by atoms with Crippen molar-refractivity contribution in [2.24, 2.45) is 5.41 Å². The summed E-state index contributed by atoms with van der Waals surface area (Å²) in [4.78, 5) is 0. The minimum atomic E-state index is 0.236. The Bertz CT molecular complexity index is 615. The van der Waals surface area contributed by atoms with E-state index in [2.05, 4.69) is 62.4 Å². The molecular weight excluding hydrogens is 204 g/mol. The van der Waals surface area contributed by atoms with E-state index in [4.69, 9.17) is 0 Å². The van der Waals surface area contributed by atoms with E-state index < -0.39 is 0 Å². The smallest absolute Gasteiger partial charge is 0.0240 e. The Kier molecular flexibility index (Phi) is 1.47. The molecule has 1 aromatic rings. The highest BCUT2D eigenvalue weighted by molar-refractivity contribution is 5.87. The summed E-state index contributed by atoms with van der Waals surface area (Å²) in [7, 11) is 0. The zero-order valence-corrected chi connectivity index (χ0v) is 10.3. The number of fused-ring (bicyclic) bond motifs is 3. The van der Waals surface area contributed by atoms with E-state index in [9.17, 15) is 0 Å². The maximum absolute atomic E-state index is 2.43. The van der Waals surface area contributed by atoms with Gasteiger partial charge in [-0.25, -0.2) is 0 Å². The summed E-state index contributed by atoms with van der Waals surface area (Å²) in [6.45, 7) is 4.84. The van der Waals surface area contributed by atoms with E-state index in [0.717, 1.165) is 0 Å². The number of hydrogen-bond acceptors (Lipinski definition) is 0. The van der Waals surface area contributed by atoms with Gasteiger partial charge in [-0.3, -0.25) is 0 Å². The first kappa shape index (κ1) is 9.47. The summed E-state index contributed by atoms with van der Waals surface area (Å²) < 4.78 is 0. The fourth-order valence-corrected chi connectivity index (χ4v) is 4.09. The Balaban J connectivity index is 2.12. The van der Waals surface area contributed by atoms with Gasteiger partial charge >= 0.3 is 0 Å². The molecule has 2 unspecified atom stereocenters. The fraction of sp³-hybridized carbons (Fsp3) is 0.294.